The second-order valence-electron chi connectivity index (χ2n) is 8.12. The molecule has 180 valence electrons. The fourth-order valence-corrected chi connectivity index (χ4v) is 3.64. The van der Waals surface area contributed by atoms with Gasteiger partial charge in [-0.3, -0.25) is 9.69 Å². The molecule has 1 aliphatic rings. The predicted molar refractivity (Wildman–Crippen MR) is 107 cm³/mol. The van der Waals surface area contributed by atoms with Gasteiger partial charge in [0.25, 0.3) is 5.92 Å². The van der Waals surface area contributed by atoms with E-state index in [1.54, 1.807) is 0 Å². The number of hydrogen-bond acceptors (Lipinski definition) is 4. The molecule has 0 heterocycles. The summed E-state index contributed by atoms with van der Waals surface area (Å²) in [6, 6.07) is 8.73. The highest BCUT2D eigenvalue weighted by Crippen LogP contribution is 2.28. The van der Waals surface area contributed by atoms with Crippen molar-refractivity contribution in [2.24, 2.45) is 0 Å². The Balaban J connectivity index is 1.73. The van der Waals surface area contributed by atoms with Crippen LogP contribution in [-0.2, 0) is 16.1 Å². The van der Waals surface area contributed by atoms with Crippen molar-refractivity contribution in [3.63, 3.8) is 0 Å². The summed E-state index contributed by atoms with van der Waals surface area (Å²) in [6.07, 6.45) is -4.90. The Hall–Kier alpha value is -2.43. The van der Waals surface area contributed by atoms with Gasteiger partial charge in [0, 0.05) is 32.1 Å². The minimum atomic E-state index is -5.09. The first kappa shape index (κ1) is 25.8. The van der Waals surface area contributed by atoms with Gasteiger partial charge in [-0.2, -0.15) is 13.2 Å². The Morgan fingerprint density at radius 3 is 2.38 bits per heavy atom. The maximum atomic E-state index is 14.3. The Morgan fingerprint density at radius 2 is 1.75 bits per heavy atom. The van der Waals surface area contributed by atoms with Crippen molar-refractivity contribution in [2.75, 3.05) is 27.2 Å². The molecule has 0 aromatic heterocycles. The maximum Gasteiger partial charge on any atom is 0.471 e. The van der Waals surface area contributed by atoms with Crippen LogP contribution in [0, 0.1) is 0 Å². The molecule has 0 aliphatic heterocycles. The summed E-state index contributed by atoms with van der Waals surface area (Å²) in [5.74, 6) is -5.42. The zero-order valence-corrected chi connectivity index (χ0v) is 18.0. The molecule has 1 aromatic carbocycles. The maximum absolute atomic E-state index is 14.3. The van der Waals surface area contributed by atoms with Crippen molar-refractivity contribution in [2.45, 2.75) is 56.5 Å². The van der Waals surface area contributed by atoms with Crippen molar-refractivity contribution < 1.29 is 36.3 Å². The van der Waals surface area contributed by atoms with E-state index in [9.17, 15) is 31.5 Å². The number of ether oxygens (including phenoxy) is 1. The summed E-state index contributed by atoms with van der Waals surface area (Å²) in [4.78, 5) is 24.7. The molecule has 6 nitrogen and oxygen atoms in total. The monoisotopic (exact) mass is 465 g/mol. The van der Waals surface area contributed by atoms with E-state index in [4.69, 9.17) is 4.74 Å². The molecule has 0 radical (unpaired) electrons. The first-order valence-electron chi connectivity index (χ1n) is 10.2. The minimum absolute atomic E-state index is 0.125. The minimum Gasteiger partial charge on any atom is -0.445 e. The van der Waals surface area contributed by atoms with E-state index in [2.05, 4.69) is 5.32 Å². The molecule has 0 bridgehead atoms. The summed E-state index contributed by atoms with van der Waals surface area (Å²) in [6.45, 7) is -1.24. The summed E-state index contributed by atoms with van der Waals surface area (Å²) in [5, 5.41) is 2.74. The van der Waals surface area contributed by atoms with Crippen molar-refractivity contribution >= 4 is 12.0 Å². The number of amides is 2. The van der Waals surface area contributed by atoms with Gasteiger partial charge >= 0.3 is 18.2 Å². The third kappa shape index (κ3) is 8.25. The Bertz CT molecular complexity index is 761. The molecule has 2 rings (SSSR count). The number of rotatable bonds is 9. The Morgan fingerprint density at radius 1 is 1.09 bits per heavy atom. The second-order valence-corrected chi connectivity index (χ2v) is 8.12. The van der Waals surface area contributed by atoms with Crippen LogP contribution in [0.3, 0.4) is 0 Å². The Kier molecular flexibility index (Phi) is 8.82. The molecule has 2 amide bonds. The number of carbonyl (C=O) groups is 2. The largest absolute Gasteiger partial charge is 0.471 e. The average Bonchev–Trinajstić information content (AvgIpc) is 3.18. The van der Waals surface area contributed by atoms with Gasteiger partial charge in [-0.25, -0.2) is 13.6 Å². The van der Waals surface area contributed by atoms with Gasteiger partial charge in [0.15, 0.2) is 0 Å². The number of benzene rings is 1. The SMILES string of the molecule is CN(CCC(F)(F)CN(C)C1CC[C@H](NC(=O)OCc2ccccc2)C1)C(=O)C(F)(F)F. The van der Waals surface area contributed by atoms with Crippen LogP contribution < -0.4 is 5.32 Å². The molecule has 0 saturated heterocycles. The Labute approximate surface area is 183 Å². The normalized spacial score (nSPS) is 19.1. The zero-order chi connectivity index (χ0) is 23.9. The fourth-order valence-electron chi connectivity index (χ4n) is 3.64. The third-order valence-electron chi connectivity index (χ3n) is 5.45. The fraction of sp³-hybridized carbons (Fsp3) is 0.619. The predicted octanol–water partition coefficient (Wildman–Crippen LogP) is 3.81. The van der Waals surface area contributed by atoms with E-state index in [1.807, 2.05) is 30.3 Å². The number of nitrogens with one attached hydrogen (secondary N) is 1. The number of alkyl halides is 5. The molecule has 1 unspecified atom stereocenters. The lowest BCUT2D eigenvalue weighted by Gasteiger charge is -2.30. The number of halogens is 5. The van der Waals surface area contributed by atoms with Gasteiger partial charge in [-0.15, -0.1) is 0 Å². The lowest BCUT2D eigenvalue weighted by atomic mass is 10.1. The molecular formula is C21H28F5N3O3. The summed E-state index contributed by atoms with van der Waals surface area (Å²) >= 11 is 0. The van der Waals surface area contributed by atoms with Gasteiger partial charge < -0.3 is 15.0 Å². The smallest absolute Gasteiger partial charge is 0.445 e. The van der Waals surface area contributed by atoms with Crippen LogP contribution >= 0.6 is 0 Å². The summed E-state index contributed by atoms with van der Waals surface area (Å²) < 4.78 is 70.8. The lowest BCUT2D eigenvalue weighted by Crippen LogP contribution is -2.44. The van der Waals surface area contributed by atoms with Crippen molar-refractivity contribution in [1.82, 2.24) is 15.1 Å². The number of alkyl carbamates (subject to hydrolysis) is 1. The molecule has 1 fully saturated rings. The van der Waals surface area contributed by atoms with Crippen molar-refractivity contribution in [3.05, 3.63) is 35.9 Å². The standard InChI is InChI=1S/C21H28F5N3O3/c1-28(18(30)21(24,25)26)11-10-20(22,23)14-29(2)17-9-8-16(12-17)27-19(31)32-13-15-6-4-3-5-7-15/h3-7,16-17H,8-14H2,1-2H3,(H,27,31)/t16-,17?/m0/s1. The van der Waals surface area contributed by atoms with Crippen LogP contribution in [0.25, 0.3) is 0 Å². The molecule has 0 spiro atoms. The van der Waals surface area contributed by atoms with E-state index in [0.717, 1.165) is 12.6 Å². The first-order valence-corrected chi connectivity index (χ1v) is 10.2. The molecule has 1 saturated carbocycles. The zero-order valence-electron chi connectivity index (χ0n) is 18.0. The topological polar surface area (TPSA) is 61.9 Å². The van der Waals surface area contributed by atoms with Gasteiger partial charge in [-0.1, -0.05) is 30.3 Å². The molecular weight excluding hydrogens is 437 g/mol. The van der Waals surface area contributed by atoms with Crippen LogP contribution in [0.4, 0.5) is 26.7 Å². The summed E-state index contributed by atoms with van der Waals surface area (Å²) in [7, 11) is 2.36. The second kappa shape index (κ2) is 10.9. The van der Waals surface area contributed by atoms with E-state index in [0.29, 0.717) is 19.3 Å². The van der Waals surface area contributed by atoms with Crippen LogP contribution in [0.5, 0.6) is 0 Å². The number of carbonyl (C=O) groups excluding carboxylic acids is 2. The van der Waals surface area contributed by atoms with Gasteiger partial charge in [-0.05, 0) is 31.9 Å². The van der Waals surface area contributed by atoms with E-state index in [-0.39, 0.29) is 23.6 Å². The van der Waals surface area contributed by atoms with Crippen molar-refractivity contribution in [3.8, 4) is 0 Å². The highest BCUT2D eigenvalue weighted by Gasteiger charge is 2.42. The van der Waals surface area contributed by atoms with Gasteiger partial charge in [0.05, 0.1) is 6.54 Å². The third-order valence-corrected chi connectivity index (χ3v) is 5.45. The van der Waals surface area contributed by atoms with E-state index < -0.39 is 43.6 Å². The van der Waals surface area contributed by atoms with Crippen LogP contribution in [0.15, 0.2) is 30.3 Å². The van der Waals surface area contributed by atoms with E-state index in [1.165, 1.54) is 11.9 Å². The highest BCUT2D eigenvalue weighted by atomic mass is 19.4. The molecule has 1 aliphatic carbocycles. The summed E-state index contributed by atoms with van der Waals surface area (Å²) in [5.41, 5.74) is 0.844. The van der Waals surface area contributed by atoms with Crippen molar-refractivity contribution in [1.29, 1.82) is 0 Å². The average molecular weight is 465 g/mol. The van der Waals surface area contributed by atoms with Gasteiger partial charge in [0.1, 0.15) is 6.61 Å². The van der Waals surface area contributed by atoms with E-state index >= 15 is 0 Å². The molecule has 1 N–H and O–H groups in total. The molecule has 32 heavy (non-hydrogen) atoms. The number of nitrogens with zero attached hydrogens (tertiary/aromatic N) is 2. The van der Waals surface area contributed by atoms with Gasteiger partial charge in [0.2, 0.25) is 0 Å². The molecule has 2 atom stereocenters. The quantitative estimate of drug-likeness (QED) is 0.564. The molecule has 1 aromatic rings. The van der Waals surface area contributed by atoms with Crippen LogP contribution in [0.1, 0.15) is 31.2 Å². The molecule has 11 heteroatoms. The first-order chi connectivity index (χ1) is 14.9. The number of hydrogen-bond donors (Lipinski definition) is 1. The van der Waals surface area contributed by atoms with Crippen LogP contribution in [-0.4, -0.2) is 73.2 Å². The van der Waals surface area contributed by atoms with Crippen LogP contribution in [0.2, 0.25) is 0 Å². The highest BCUT2D eigenvalue weighted by molar-refractivity contribution is 5.81. The lowest BCUT2D eigenvalue weighted by molar-refractivity contribution is -0.184.